The molecule has 2 rings (SSSR count). The van der Waals surface area contributed by atoms with Gasteiger partial charge in [-0.3, -0.25) is 4.79 Å². The molecule has 5 heteroatoms. The van der Waals surface area contributed by atoms with Gasteiger partial charge < -0.3 is 5.32 Å². The number of carbonyl (C=O) groups is 1. The average molecular weight is 285 g/mol. The van der Waals surface area contributed by atoms with Gasteiger partial charge in [-0.2, -0.15) is 13.2 Å². The fraction of sp³-hybridized carbons (Fsp3) is 0.533. The molecule has 1 unspecified atom stereocenters. The van der Waals surface area contributed by atoms with Crippen LogP contribution >= 0.6 is 0 Å². The SMILES string of the molecule is O=C(Cc1cccc(C(F)(F)F)c1)C1CCCCCN1. The summed E-state index contributed by atoms with van der Waals surface area (Å²) in [6, 6.07) is 4.80. The maximum atomic E-state index is 12.6. The summed E-state index contributed by atoms with van der Waals surface area (Å²) in [5.74, 6) is -0.0220. The number of halogens is 3. The van der Waals surface area contributed by atoms with E-state index in [1.54, 1.807) is 6.07 Å². The van der Waals surface area contributed by atoms with Crippen LogP contribution in [0.2, 0.25) is 0 Å². The van der Waals surface area contributed by atoms with E-state index in [4.69, 9.17) is 0 Å². The molecule has 1 aromatic carbocycles. The molecule has 1 fully saturated rings. The molecule has 1 aliphatic heterocycles. The van der Waals surface area contributed by atoms with E-state index in [2.05, 4.69) is 5.32 Å². The first kappa shape index (κ1) is 15.0. The molecular weight excluding hydrogens is 267 g/mol. The Morgan fingerprint density at radius 3 is 2.80 bits per heavy atom. The Bertz CT molecular complexity index is 462. The quantitative estimate of drug-likeness (QED) is 0.922. The Morgan fingerprint density at radius 2 is 2.05 bits per heavy atom. The first-order valence-electron chi connectivity index (χ1n) is 6.89. The lowest BCUT2D eigenvalue weighted by Gasteiger charge is -2.15. The second-order valence-electron chi connectivity index (χ2n) is 5.20. The summed E-state index contributed by atoms with van der Waals surface area (Å²) < 4.78 is 37.8. The summed E-state index contributed by atoms with van der Waals surface area (Å²) in [7, 11) is 0. The van der Waals surface area contributed by atoms with Crippen molar-refractivity contribution in [2.24, 2.45) is 0 Å². The molecule has 0 spiro atoms. The van der Waals surface area contributed by atoms with Crippen LogP contribution in [-0.2, 0) is 17.4 Å². The number of alkyl halides is 3. The van der Waals surface area contributed by atoms with Crippen LogP contribution in [0.1, 0.15) is 36.8 Å². The van der Waals surface area contributed by atoms with Gasteiger partial charge in [0.2, 0.25) is 0 Å². The van der Waals surface area contributed by atoms with Crippen LogP contribution in [0.15, 0.2) is 24.3 Å². The van der Waals surface area contributed by atoms with E-state index in [-0.39, 0.29) is 18.2 Å². The van der Waals surface area contributed by atoms with E-state index >= 15 is 0 Å². The molecule has 110 valence electrons. The van der Waals surface area contributed by atoms with E-state index in [9.17, 15) is 18.0 Å². The topological polar surface area (TPSA) is 29.1 Å². The van der Waals surface area contributed by atoms with Gasteiger partial charge in [0.15, 0.2) is 5.78 Å². The van der Waals surface area contributed by atoms with Crippen molar-refractivity contribution < 1.29 is 18.0 Å². The van der Waals surface area contributed by atoms with Crippen LogP contribution in [-0.4, -0.2) is 18.4 Å². The van der Waals surface area contributed by atoms with Gasteiger partial charge in [-0.05, 0) is 31.0 Å². The lowest BCUT2D eigenvalue weighted by atomic mass is 9.99. The monoisotopic (exact) mass is 285 g/mol. The summed E-state index contributed by atoms with van der Waals surface area (Å²) in [5.41, 5.74) is -0.271. The molecule has 0 amide bonds. The Labute approximate surface area is 116 Å². The van der Waals surface area contributed by atoms with Crippen molar-refractivity contribution in [2.75, 3.05) is 6.54 Å². The predicted molar refractivity (Wildman–Crippen MR) is 70.4 cm³/mol. The molecule has 1 heterocycles. The molecule has 0 bridgehead atoms. The molecule has 0 saturated carbocycles. The van der Waals surface area contributed by atoms with Crippen LogP contribution in [0, 0.1) is 0 Å². The van der Waals surface area contributed by atoms with Crippen molar-refractivity contribution >= 4 is 5.78 Å². The van der Waals surface area contributed by atoms with Crippen molar-refractivity contribution in [3.05, 3.63) is 35.4 Å². The van der Waals surface area contributed by atoms with Gasteiger partial charge in [-0.15, -0.1) is 0 Å². The summed E-state index contributed by atoms with van der Waals surface area (Å²) in [5, 5.41) is 3.17. The van der Waals surface area contributed by atoms with Gasteiger partial charge in [-0.1, -0.05) is 31.0 Å². The molecule has 20 heavy (non-hydrogen) atoms. The van der Waals surface area contributed by atoms with Crippen LogP contribution in [0.3, 0.4) is 0 Å². The molecule has 2 nitrogen and oxygen atoms in total. The number of rotatable bonds is 3. The number of carbonyl (C=O) groups excluding carboxylic acids is 1. The first-order chi connectivity index (χ1) is 9.47. The van der Waals surface area contributed by atoms with E-state index < -0.39 is 11.7 Å². The van der Waals surface area contributed by atoms with Gasteiger partial charge in [0.25, 0.3) is 0 Å². The predicted octanol–water partition coefficient (Wildman–Crippen LogP) is 3.35. The second-order valence-corrected chi connectivity index (χ2v) is 5.20. The van der Waals surface area contributed by atoms with Crippen LogP contribution in [0.25, 0.3) is 0 Å². The maximum absolute atomic E-state index is 12.6. The molecule has 1 aromatic rings. The fourth-order valence-electron chi connectivity index (χ4n) is 2.49. The van der Waals surface area contributed by atoms with Gasteiger partial charge in [0, 0.05) is 6.42 Å². The minimum absolute atomic E-state index is 0.0220. The highest BCUT2D eigenvalue weighted by Crippen LogP contribution is 2.29. The molecule has 0 aliphatic carbocycles. The first-order valence-corrected chi connectivity index (χ1v) is 6.89. The average Bonchev–Trinajstić information content (AvgIpc) is 2.67. The molecule has 1 aliphatic rings. The third-order valence-corrected chi connectivity index (χ3v) is 3.58. The number of hydrogen-bond acceptors (Lipinski definition) is 2. The van der Waals surface area contributed by atoms with E-state index in [0.717, 1.165) is 44.4 Å². The smallest absolute Gasteiger partial charge is 0.307 e. The molecule has 1 saturated heterocycles. The van der Waals surface area contributed by atoms with Gasteiger partial charge in [0.1, 0.15) is 0 Å². The highest BCUT2D eigenvalue weighted by atomic mass is 19.4. The molecule has 0 radical (unpaired) electrons. The standard InChI is InChI=1S/C15H18F3NO/c16-15(17,18)12-6-4-5-11(9-12)10-14(20)13-7-2-1-3-8-19-13/h4-6,9,13,19H,1-3,7-8,10H2. The van der Waals surface area contributed by atoms with Gasteiger partial charge in [-0.25, -0.2) is 0 Å². The third kappa shape index (κ3) is 4.07. The van der Waals surface area contributed by atoms with E-state index in [1.807, 2.05) is 0 Å². The summed E-state index contributed by atoms with van der Waals surface area (Å²) in [4.78, 5) is 12.1. The van der Waals surface area contributed by atoms with Crippen molar-refractivity contribution in [2.45, 2.75) is 44.3 Å². The number of nitrogens with one attached hydrogen (secondary N) is 1. The van der Waals surface area contributed by atoms with Crippen molar-refractivity contribution in [3.8, 4) is 0 Å². The maximum Gasteiger partial charge on any atom is 0.416 e. The number of hydrogen-bond donors (Lipinski definition) is 1. The van der Waals surface area contributed by atoms with Crippen molar-refractivity contribution in [1.29, 1.82) is 0 Å². The molecular formula is C15H18F3NO. The van der Waals surface area contributed by atoms with Crippen LogP contribution < -0.4 is 5.32 Å². The van der Waals surface area contributed by atoms with E-state index in [0.29, 0.717) is 5.56 Å². The number of ketones is 1. The minimum atomic E-state index is -4.36. The fourth-order valence-corrected chi connectivity index (χ4v) is 2.49. The summed E-state index contributed by atoms with van der Waals surface area (Å²) in [6.07, 6.45) is -0.390. The molecule has 0 aromatic heterocycles. The Hall–Kier alpha value is -1.36. The zero-order valence-electron chi connectivity index (χ0n) is 11.2. The van der Waals surface area contributed by atoms with Gasteiger partial charge >= 0.3 is 6.18 Å². The van der Waals surface area contributed by atoms with Crippen molar-refractivity contribution in [1.82, 2.24) is 5.32 Å². The number of Topliss-reactive ketones (excluding diaryl/α,β-unsaturated/α-hetero) is 1. The van der Waals surface area contributed by atoms with Gasteiger partial charge in [0.05, 0.1) is 11.6 Å². The normalized spacial score (nSPS) is 20.4. The minimum Gasteiger partial charge on any atom is -0.307 e. The second kappa shape index (κ2) is 6.39. The lowest BCUT2D eigenvalue weighted by molar-refractivity contribution is -0.137. The summed E-state index contributed by atoms with van der Waals surface area (Å²) in [6.45, 7) is 0.805. The van der Waals surface area contributed by atoms with Crippen LogP contribution in [0.4, 0.5) is 13.2 Å². The van der Waals surface area contributed by atoms with Crippen LogP contribution in [0.5, 0.6) is 0 Å². The highest BCUT2D eigenvalue weighted by Gasteiger charge is 2.30. The molecule has 1 atom stereocenters. The Balaban J connectivity index is 2.03. The van der Waals surface area contributed by atoms with E-state index in [1.165, 1.54) is 6.07 Å². The van der Waals surface area contributed by atoms with Crippen molar-refractivity contribution in [3.63, 3.8) is 0 Å². The summed E-state index contributed by atoms with van der Waals surface area (Å²) >= 11 is 0. The highest BCUT2D eigenvalue weighted by molar-refractivity contribution is 5.86. The zero-order chi connectivity index (χ0) is 14.6. The molecule has 1 N–H and O–H groups in total. The number of benzene rings is 1. The largest absolute Gasteiger partial charge is 0.416 e. The lowest BCUT2D eigenvalue weighted by Crippen LogP contribution is -2.37. The Kier molecular flexibility index (Phi) is 4.81. The third-order valence-electron chi connectivity index (χ3n) is 3.58. The zero-order valence-corrected chi connectivity index (χ0v) is 11.2. The Morgan fingerprint density at radius 1 is 1.25 bits per heavy atom.